The Morgan fingerprint density at radius 2 is 2.04 bits per heavy atom. The van der Waals surface area contributed by atoms with E-state index >= 15 is 0 Å². The predicted octanol–water partition coefficient (Wildman–Crippen LogP) is 3.92. The molecule has 1 aliphatic rings. The van der Waals surface area contributed by atoms with Crippen molar-refractivity contribution in [3.8, 4) is 0 Å². The number of hydrogen-bond donors (Lipinski definition) is 2. The Labute approximate surface area is 173 Å². The maximum atomic E-state index is 13.7. The molecule has 0 spiro atoms. The molecule has 2 heterocycles. The number of ether oxygens (including phenoxy) is 1. The van der Waals surface area contributed by atoms with Crippen molar-refractivity contribution in [1.82, 2.24) is 15.6 Å². The molecule has 0 aliphatic carbocycles. The summed E-state index contributed by atoms with van der Waals surface area (Å²) in [4.78, 5) is 18.8. The number of nitrogens with zero attached hydrogens (tertiary/aromatic N) is 2. The van der Waals surface area contributed by atoms with Gasteiger partial charge in [0.2, 0.25) is 0 Å². The van der Waals surface area contributed by atoms with Gasteiger partial charge in [0.1, 0.15) is 11.6 Å². The molecule has 1 aromatic carbocycles. The molecular weight excluding hydrogens is 406 g/mol. The van der Waals surface area contributed by atoms with Gasteiger partial charge in [0.25, 0.3) is 0 Å². The van der Waals surface area contributed by atoms with E-state index in [1.54, 1.807) is 13.1 Å². The van der Waals surface area contributed by atoms with Crippen LogP contribution in [0.1, 0.15) is 24.1 Å². The van der Waals surface area contributed by atoms with Crippen LogP contribution in [0, 0.1) is 5.82 Å². The first-order valence-electron chi connectivity index (χ1n) is 8.90. The van der Waals surface area contributed by atoms with Crippen molar-refractivity contribution in [2.45, 2.75) is 19.5 Å². The molecule has 150 valence electrons. The van der Waals surface area contributed by atoms with E-state index < -0.39 is 11.9 Å². The summed E-state index contributed by atoms with van der Waals surface area (Å²) in [6, 6.07) is 5.48. The lowest BCUT2D eigenvalue weighted by Crippen LogP contribution is -2.37. The minimum Gasteiger partial charge on any atom is -0.378 e. The van der Waals surface area contributed by atoms with E-state index in [1.807, 2.05) is 12.1 Å². The number of benzene rings is 1. The average Bonchev–Trinajstić information content (AvgIpc) is 2.70. The van der Waals surface area contributed by atoms with E-state index in [1.165, 1.54) is 12.1 Å². The number of pyridine rings is 1. The van der Waals surface area contributed by atoms with Crippen LogP contribution in [0.5, 0.6) is 0 Å². The fourth-order valence-electron chi connectivity index (χ4n) is 2.91. The molecule has 1 saturated heterocycles. The number of halogens is 3. The van der Waals surface area contributed by atoms with Gasteiger partial charge in [0.15, 0.2) is 0 Å². The average molecular weight is 427 g/mol. The lowest BCUT2D eigenvalue weighted by atomic mass is 10.1. The summed E-state index contributed by atoms with van der Waals surface area (Å²) in [5, 5.41) is 5.77. The standard InChI is InChI=1S/C19H21Cl2FN4O2/c1-12(14-9-17(22)16(21)10-15(14)20)25-19(27)24-11-13-2-3-23-18(8-13)26-4-6-28-7-5-26/h2-3,8-10,12H,4-7,11H2,1H3,(H2,24,25,27). The molecule has 2 N–H and O–H groups in total. The molecular formula is C19H21Cl2FN4O2. The monoisotopic (exact) mass is 426 g/mol. The second-order valence-electron chi connectivity index (χ2n) is 6.46. The number of morpholine rings is 1. The van der Waals surface area contributed by atoms with Gasteiger partial charge in [0, 0.05) is 30.9 Å². The first kappa shape index (κ1) is 20.6. The normalized spacial score (nSPS) is 15.2. The van der Waals surface area contributed by atoms with Crippen molar-refractivity contribution in [2.24, 2.45) is 0 Å². The van der Waals surface area contributed by atoms with Gasteiger partial charge in [-0.2, -0.15) is 0 Å². The highest BCUT2D eigenvalue weighted by Crippen LogP contribution is 2.28. The molecule has 2 aromatic rings. The predicted molar refractivity (Wildman–Crippen MR) is 107 cm³/mol. The summed E-state index contributed by atoms with van der Waals surface area (Å²) in [5.41, 5.74) is 1.38. The highest BCUT2D eigenvalue weighted by atomic mass is 35.5. The maximum absolute atomic E-state index is 13.7. The van der Waals surface area contributed by atoms with Crippen LogP contribution >= 0.6 is 23.2 Å². The zero-order chi connectivity index (χ0) is 20.1. The summed E-state index contributed by atoms with van der Waals surface area (Å²) < 4.78 is 19.0. The molecule has 2 amide bonds. The van der Waals surface area contributed by atoms with Crippen LogP contribution in [0.4, 0.5) is 15.0 Å². The Hall–Kier alpha value is -2.09. The Morgan fingerprint density at radius 3 is 2.79 bits per heavy atom. The van der Waals surface area contributed by atoms with E-state index in [0.29, 0.717) is 30.3 Å². The van der Waals surface area contributed by atoms with E-state index in [-0.39, 0.29) is 11.1 Å². The zero-order valence-electron chi connectivity index (χ0n) is 15.3. The molecule has 1 atom stereocenters. The summed E-state index contributed by atoms with van der Waals surface area (Å²) in [5.74, 6) is 0.280. The molecule has 1 fully saturated rings. The minimum atomic E-state index is -0.581. The summed E-state index contributed by atoms with van der Waals surface area (Å²) in [7, 11) is 0. The van der Waals surface area contributed by atoms with Crippen LogP contribution in [0.3, 0.4) is 0 Å². The lowest BCUT2D eigenvalue weighted by molar-refractivity contribution is 0.122. The summed E-state index contributed by atoms with van der Waals surface area (Å²) in [6.07, 6.45) is 1.72. The van der Waals surface area contributed by atoms with Gasteiger partial charge in [-0.25, -0.2) is 14.2 Å². The van der Waals surface area contributed by atoms with Crippen LogP contribution in [-0.4, -0.2) is 37.3 Å². The number of aromatic nitrogens is 1. The summed E-state index contributed by atoms with van der Waals surface area (Å²) in [6.45, 7) is 5.00. The van der Waals surface area contributed by atoms with Crippen molar-refractivity contribution in [1.29, 1.82) is 0 Å². The molecule has 1 unspecified atom stereocenters. The molecule has 0 saturated carbocycles. The number of urea groups is 1. The molecule has 6 nitrogen and oxygen atoms in total. The first-order valence-corrected chi connectivity index (χ1v) is 9.66. The Balaban J connectivity index is 1.56. The van der Waals surface area contributed by atoms with Gasteiger partial charge < -0.3 is 20.3 Å². The van der Waals surface area contributed by atoms with Gasteiger partial charge >= 0.3 is 6.03 Å². The number of hydrogen-bond acceptors (Lipinski definition) is 4. The molecule has 3 rings (SSSR count). The quantitative estimate of drug-likeness (QED) is 0.710. The van der Waals surface area contributed by atoms with Gasteiger partial charge in [-0.15, -0.1) is 0 Å². The topological polar surface area (TPSA) is 66.5 Å². The number of nitrogens with one attached hydrogen (secondary N) is 2. The molecule has 0 radical (unpaired) electrons. The first-order chi connectivity index (χ1) is 13.4. The Morgan fingerprint density at radius 1 is 1.29 bits per heavy atom. The Bertz CT molecular complexity index is 847. The number of carbonyl (C=O) groups is 1. The van der Waals surface area contributed by atoms with E-state index in [0.717, 1.165) is 24.5 Å². The van der Waals surface area contributed by atoms with Gasteiger partial charge in [0.05, 0.1) is 24.3 Å². The van der Waals surface area contributed by atoms with Crippen LogP contribution < -0.4 is 15.5 Å². The number of anilines is 1. The second kappa shape index (κ2) is 9.41. The third-order valence-electron chi connectivity index (χ3n) is 4.45. The molecule has 9 heteroatoms. The van der Waals surface area contributed by atoms with Crippen molar-refractivity contribution in [3.05, 3.63) is 57.5 Å². The van der Waals surface area contributed by atoms with Crippen LogP contribution in [-0.2, 0) is 11.3 Å². The molecule has 28 heavy (non-hydrogen) atoms. The number of amides is 2. The number of rotatable bonds is 5. The molecule has 1 aliphatic heterocycles. The van der Waals surface area contributed by atoms with Crippen molar-refractivity contribution in [3.63, 3.8) is 0 Å². The maximum Gasteiger partial charge on any atom is 0.315 e. The van der Waals surface area contributed by atoms with Gasteiger partial charge in [-0.05, 0) is 42.3 Å². The molecule has 1 aromatic heterocycles. The third kappa shape index (κ3) is 5.25. The molecule has 0 bridgehead atoms. The van der Waals surface area contributed by atoms with Gasteiger partial charge in [-0.1, -0.05) is 23.2 Å². The lowest BCUT2D eigenvalue weighted by Gasteiger charge is -2.28. The number of carbonyl (C=O) groups excluding carboxylic acids is 1. The van der Waals surface area contributed by atoms with Crippen LogP contribution in [0.2, 0.25) is 10.0 Å². The largest absolute Gasteiger partial charge is 0.378 e. The minimum absolute atomic E-state index is 0.0563. The highest BCUT2D eigenvalue weighted by molar-refractivity contribution is 6.35. The van der Waals surface area contributed by atoms with Crippen LogP contribution in [0.15, 0.2) is 30.5 Å². The zero-order valence-corrected chi connectivity index (χ0v) is 16.9. The fourth-order valence-corrected chi connectivity index (χ4v) is 3.46. The van der Waals surface area contributed by atoms with Crippen molar-refractivity contribution >= 4 is 35.1 Å². The third-order valence-corrected chi connectivity index (χ3v) is 5.07. The fraction of sp³-hybridized carbons (Fsp3) is 0.368. The summed E-state index contributed by atoms with van der Waals surface area (Å²) >= 11 is 11.8. The van der Waals surface area contributed by atoms with Crippen molar-refractivity contribution < 1.29 is 13.9 Å². The highest BCUT2D eigenvalue weighted by Gasteiger charge is 2.16. The van der Waals surface area contributed by atoms with Crippen molar-refractivity contribution in [2.75, 3.05) is 31.2 Å². The SMILES string of the molecule is CC(NC(=O)NCc1ccnc(N2CCOCC2)c1)c1cc(F)c(Cl)cc1Cl. The van der Waals surface area contributed by atoms with E-state index in [9.17, 15) is 9.18 Å². The van der Waals surface area contributed by atoms with Gasteiger partial charge in [-0.3, -0.25) is 0 Å². The van der Waals surface area contributed by atoms with E-state index in [2.05, 4.69) is 20.5 Å². The smallest absolute Gasteiger partial charge is 0.315 e. The second-order valence-corrected chi connectivity index (χ2v) is 7.27. The van der Waals surface area contributed by atoms with E-state index in [4.69, 9.17) is 27.9 Å². The van der Waals surface area contributed by atoms with Crippen LogP contribution in [0.25, 0.3) is 0 Å². The Kier molecular flexibility index (Phi) is 6.93.